The number of nitrogens with one attached hydrogen (secondary N) is 2. The van der Waals surface area contributed by atoms with Gasteiger partial charge in [-0.25, -0.2) is 25.3 Å². The molecule has 0 aromatic heterocycles. The van der Waals surface area contributed by atoms with Crippen LogP contribution in [-0.2, 0) is 29.7 Å². The van der Waals surface area contributed by atoms with E-state index in [2.05, 4.69) is 10.6 Å². The van der Waals surface area contributed by atoms with Crippen LogP contribution in [0.2, 0.25) is 0 Å². The van der Waals surface area contributed by atoms with Crippen LogP contribution in [0, 0.1) is 13.8 Å². The summed E-state index contributed by atoms with van der Waals surface area (Å²) >= 11 is 0. The van der Waals surface area contributed by atoms with Gasteiger partial charge in [-0.15, -0.1) is 0 Å². The van der Waals surface area contributed by atoms with Crippen molar-refractivity contribution in [1.82, 2.24) is 14.9 Å². The first-order valence-corrected chi connectivity index (χ1v) is 18.3. The highest BCUT2D eigenvalue weighted by atomic mass is 32.2. The number of benzene rings is 2. The van der Waals surface area contributed by atoms with Gasteiger partial charge in [0.15, 0.2) is 0 Å². The van der Waals surface area contributed by atoms with E-state index in [0.717, 1.165) is 11.1 Å². The largest absolute Gasteiger partial charge is 0.309 e. The van der Waals surface area contributed by atoms with Crippen LogP contribution in [0.1, 0.15) is 11.1 Å². The van der Waals surface area contributed by atoms with E-state index in [1.54, 1.807) is 72.9 Å². The summed E-state index contributed by atoms with van der Waals surface area (Å²) in [5.74, 6) is 0. The molecule has 2 aliphatic rings. The molecule has 0 unspecified atom stereocenters. The van der Waals surface area contributed by atoms with E-state index in [9.17, 15) is 25.3 Å². The minimum absolute atomic E-state index is 0.00828. The summed E-state index contributed by atoms with van der Waals surface area (Å²) < 4.78 is 82.5. The van der Waals surface area contributed by atoms with Gasteiger partial charge in [0, 0.05) is 39.3 Å². The van der Waals surface area contributed by atoms with Crippen LogP contribution in [0.25, 0.3) is 0 Å². The summed E-state index contributed by atoms with van der Waals surface area (Å²) in [6, 6.07) is 13.0. The van der Waals surface area contributed by atoms with Gasteiger partial charge >= 0.3 is 0 Å². The highest BCUT2D eigenvalue weighted by molar-refractivity contribution is 7.95. The normalized spacial score (nSPS) is 21.7. The van der Waals surface area contributed by atoms with Gasteiger partial charge in [-0.3, -0.25) is 0 Å². The maximum absolute atomic E-state index is 13.7. The molecule has 2 N–H and O–H groups in total. The number of hydrogen-bond acceptors (Lipinski definition) is 8. The summed E-state index contributed by atoms with van der Waals surface area (Å²) in [4.78, 5) is 0.380. The van der Waals surface area contributed by atoms with Crippen molar-refractivity contribution in [1.29, 1.82) is 0 Å². The van der Waals surface area contributed by atoms with E-state index >= 15 is 0 Å². The molecule has 0 amide bonds. The molecular formula is C31H37N3O6S3. The number of sulfone groups is 2. The van der Waals surface area contributed by atoms with Crippen molar-refractivity contribution in [3.63, 3.8) is 0 Å². The molecule has 2 aromatic rings. The maximum Gasteiger partial charge on any atom is 0.224 e. The van der Waals surface area contributed by atoms with E-state index in [1.807, 2.05) is 13.8 Å². The number of allylic oxidation sites excluding steroid dienone is 2. The predicted molar refractivity (Wildman–Crippen MR) is 170 cm³/mol. The summed E-state index contributed by atoms with van der Waals surface area (Å²) in [7, 11) is -11.6. The van der Waals surface area contributed by atoms with Gasteiger partial charge in [-0.1, -0.05) is 84.0 Å². The van der Waals surface area contributed by atoms with Crippen LogP contribution >= 0.6 is 0 Å². The molecule has 12 heteroatoms. The fourth-order valence-electron chi connectivity index (χ4n) is 4.50. The summed E-state index contributed by atoms with van der Waals surface area (Å²) in [5, 5.41) is 5.30. The predicted octanol–water partition coefficient (Wildman–Crippen LogP) is 3.19. The van der Waals surface area contributed by atoms with Gasteiger partial charge in [0.2, 0.25) is 29.7 Å². The molecule has 43 heavy (non-hydrogen) atoms. The topological polar surface area (TPSA) is 130 Å². The van der Waals surface area contributed by atoms with Gasteiger partial charge < -0.3 is 10.6 Å². The quantitative estimate of drug-likeness (QED) is 0.460. The second-order valence-electron chi connectivity index (χ2n) is 10.3. The highest BCUT2D eigenvalue weighted by Crippen LogP contribution is 2.22. The fraction of sp³-hybridized carbons (Fsp3) is 0.290. The van der Waals surface area contributed by atoms with Crippen molar-refractivity contribution >= 4 is 29.7 Å². The molecule has 9 nitrogen and oxygen atoms in total. The van der Waals surface area contributed by atoms with Crippen LogP contribution < -0.4 is 10.6 Å². The van der Waals surface area contributed by atoms with Gasteiger partial charge in [-0.05, 0) is 38.1 Å². The molecule has 0 spiro atoms. The molecule has 1 heterocycles. The Morgan fingerprint density at radius 3 is 1.65 bits per heavy atom. The molecule has 0 saturated carbocycles. The average molecular weight is 644 g/mol. The minimum Gasteiger partial charge on any atom is -0.309 e. The summed E-state index contributed by atoms with van der Waals surface area (Å²) in [6.07, 6.45) is 12.8. The smallest absolute Gasteiger partial charge is 0.224 e. The first-order valence-electron chi connectivity index (χ1n) is 13.8. The Bertz CT molecular complexity index is 1760. The highest BCUT2D eigenvalue weighted by Gasteiger charge is 2.29. The van der Waals surface area contributed by atoms with E-state index in [1.165, 1.54) is 28.6 Å². The Morgan fingerprint density at radius 1 is 0.628 bits per heavy atom. The van der Waals surface area contributed by atoms with Crippen molar-refractivity contribution in [2.45, 2.75) is 28.9 Å². The van der Waals surface area contributed by atoms with Crippen LogP contribution in [-0.4, -0.2) is 74.1 Å². The molecule has 0 saturated heterocycles. The Hall–Kier alpha value is -3.13. The van der Waals surface area contributed by atoms with E-state index < -0.39 is 34.9 Å². The van der Waals surface area contributed by atoms with Crippen molar-refractivity contribution in [2.24, 2.45) is 0 Å². The molecule has 0 fully saturated rings. The average Bonchev–Trinajstić information content (AvgIpc) is 3.52. The zero-order valence-electron chi connectivity index (χ0n) is 24.2. The van der Waals surface area contributed by atoms with Crippen LogP contribution in [0.3, 0.4) is 0 Å². The molecule has 2 aromatic carbocycles. The van der Waals surface area contributed by atoms with Gasteiger partial charge in [0.1, 0.15) is 5.25 Å². The number of nitrogens with zero attached hydrogens (tertiary/aromatic N) is 1. The summed E-state index contributed by atoms with van der Waals surface area (Å²) in [6.45, 7) is 3.84. The Morgan fingerprint density at radius 2 is 1.12 bits per heavy atom. The van der Waals surface area contributed by atoms with Gasteiger partial charge in [0.25, 0.3) is 0 Å². The molecule has 0 atom stereocenters. The van der Waals surface area contributed by atoms with Crippen LogP contribution in [0.4, 0.5) is 0 Å². The number of rotatable bonds is 6. The van der Waals surface area contributed by atoms with Crippen LogP contribution in [0.5, 0.6) is 0 Å². The van der Waals surface area contributed by atoms with E-state index in [4.69, 9.17) is 0 Å². The van der Waals surface area contributed by atoms with Crippen molar-refractivity contribution in [3.05, 3.63) is 118 Å². The standard InChI is InChI=1S/C31H37N3O6S3/c1-25-9-13-27(14-10-25)41(35,36)30-17-20-33-24-31(42(37,38)28-15-11-26(2)12-16-28)18-22-34(21-6-5-19-32-23-30)43(39,40)29-7-3-4-8-29/h3-18,29,32-33H,19-24H2,1-2H3/b6-5+,30-17+,31-18+. The van der Waals surface area contributed by atoms with Crippen molar-refractivity contribution < 1.29 is 25.3 Å². The second kappa shape index (κ2) is 14.1. The van der Waals surface area contributed by atoms with E-state index in [0.29, 0.717) is 6.54 Å². The molecule has 0 radical (unpaired) electrons. The monoisotopic (exact) mass is 643 g/mol. The zero-order chi connectivity index (χ0) is 31.1. The lowest BCUT2D eigenvalue weighted by Gasteiger charge is -2.22. The maximum atomic E-state index is 13.7. The molecule has 4 rings (SSSR count). The lowest BCUT2D eigenvalue weighted by atomic mass is 10.2. The fourth-order valence-corrected chi connectivity index (χ4v) is 8.77. The Kier molecular flexibility index (Phi) is 10.8. The number of sulfonamides is 1. The zero-order valence-corrected chi connectivity index (χ0v) is 26.6. The Labute approximate surface area is 255 Å². The first-order chi connectivity index (χ1) is 20.4. The van der Waals surface area contributed by atoms with Crippen molar-refractivity contribution in [3.8, 4) is 0 Å². The molecule has 1 aliphatic heterocycles. The van der Waals surface area contributed by atoms with Gasteiger partial charge in [-0.2, -0.15) is 4.31 Å². The SMILES string of the molecule is Cc1ccc(S(=O)(=O)/C2=C/CNC/C(S(=O)(=O)c3ccc(C)cc3)=C\CN(S(=O)(=O)C3C=CC=C3)C/C=C/CNC2)cc1. The number of hydrogen-bond donors (Lipinski definition) is 2. The summed E-state index contributed by atoms with van der Waals surface area (Å²) in [5.41, 5.74) is 1.83. The third-order valence-electron chi connectivity index (χ3n) is 7.10. The van der Waals surface area contributed by atoms with Crippen molar-refractivity contribution in [2.75, 3.05) is 39.3 Å². The molecular weight excluding hydrogens is 607 g/mol. The molecule has 230 valence electrons. The lowest BCUT2D eigenvalue weighted by molar-refractivity contribution is 0.471. The molecule has 1 aliphatic carbocycles. The minimum atomic E-state index is -3.99. The number of aryl methyl sites for hydroxylation is 2. The van der Waals surface area contributed by atoms with Crippen LogP contribution in [0.15, 0.2) is 117 Å². The second-order valence-corrected chi connectivity index (χ2v) is 16.4. The Balaban J connectivity index is 1.69. The third kappa shape index (κ3) is 8.08. The first kappa shape index (κ1) is 32.8. The van der Waals surface area contributed by atoms with Gasteiger partial charge in [0.05, 0.1) is 19.6 Å². The van der Waals surface area contributed by atoms with E-state index in [-0.39, 0.29) is 52.3 Å². The third-order valence-corrected chi connectivity index (χ3v) is 12.9. The lowest BCUT2D eigenvalue weighted by Crippen LogP contribution is -2.37. The molecule has 0 bridgehead atoms.